The highest BCUT2D eigenvalue weighted by molar-refractivity contribution is 5.85. The molecule has 25 heavy (non-hydrogen) atoms. The van der Waals surface area contributed by atoms with Gasteiger partial charge in [-0.3, -0.25) is 4.79 Å². The number of aryl methyl sites for hydroxylation is 1. The summed E-state index contributed by atoms with van der Waals surface area (Å²) < 4.78 is 0. The predicted octanol–water partition coefficient (Wildman–Crippen LogP) is 4.50. The number of piperidine rings is 2. The van der Waals surface area contributed by atoms with Crippen molar-refractivity contribution in [3.63, 3.8) is 0 Å². The molecular weight excluding hydrogens is 332 g/mol. The number of carbonyl (C=O) groups is 1. The smallest absolute Gasteiger partial charge is 0.223 e. The van der Waals surface area contributed by atoms with E-state index < -0.39 is 0 Å². The Morgan fingerprint density at radius 1 is 1.20 bits per heavy atom. The minimum absolute atomic E-state index is 0. The molecule has 0 spiro atoms. The largest absolute Gasteiger partial charge is 0.336 e. The Balaban J connectivity index is 0.00000225. The van der Waals surface area contributed by atoms with Gasteiger partial charge in [-0.25, -0.2) is 0 Å². The van der Waals surface area contributed by atoms with Gasteiger partial charge < -0.3 is 10.2 Å². The Hall–Kier alpha value is -1.06. The first-order chi connectivity index (χ1) is 11.6. The maximum atomic E-state index is 13.0. The van der Waals surface area contributed by atoms with Crippen LogP contribution < -0.4 is 5.32 Å². The normalized spacial score (nSPS) is 25.1. The molecule has 1 aromatic rings. The number of halogens is 1. The van der Waals surface area contributed by atoms with Crippen LogP contribution in [0.15, 0.2) is 24.3 Å². The van der Waals surface area contributed by atoms with Crippen LogP contribution >= 0.6 is 12.4 Å². The molecule has 3 unspecified atom stereocenters. The van der Waals surface area contributed by atoms with E-state index in [1.807, 2.05) is 0 Å². The zero-order chi connectivity index (χ0) is 16.9. The molecule has 2 heterocycles. The van der Waals surface area contributed by atoms with E-state index in [2.05, 4.69) is 48.3 Å². The Labute approximate surface area is 159 Å². The summed E-state index contributed by atoms with van der Waals surface area (Å²) in [6.07, 6.45) is 6.70. The molecule has 3 rings (SSSR count). The zero-order valence-electron chi connectivity index (χ0n) is 15.7. The SMILES string of the molecule is Cc1ccc(C2CCCCN2C(=O)CC(C)C2CCCNC2)cc1.Cl. The molecule has 4 heteroatoms. The molecule has 0 aromatic heterocycles. The zero-order valence-corrected chi connectivity index (χ0v) is 16.5. The van der Waals surface area contributed by atoms with Crippen LogP contribution in [0.25, 0.3) is 0 Å². The van der Waals surface area contributed by atoms with E-state index in [0.717, 1.165) is 32.5 Å². The van der Waals surface area contributed by atoms with Gasteiger partial charge >= 0.3 is 0 Å². The Morgan fingerprint density at radius 2 is 1.96 bits per heavy atom. The van der Waals surface area contributed by atoms with Crippen molar-refractivity contribution in [3.8, 4) is 0 Å². The molecule has 3 nitrogen and oxygen atoms in total. The summed E-state index contributed by atoms with van der Waals surface area (Å²) in [4.78, 5) is 15.2. The highest BCUT2D eigenvalue weighted by Crippen LogP contribution is 2.33. The van der Waals surface area contributed by atoms with Crippen LogP contribution in [0.1, 0.15) is 62.6 Å². The minimum Gasteiger partial charge on any atom is -0.336 e. The van der Waals surface area contributed by atoms with Crippen molar-refractivity contribution in [2.45, 2.75) is 58.4 Å². The first-order valence-electron chi connectivity index (χ1n) is 9.72. The van der Waals surface area contributed by atoms with E-state index >= 15 is 0 Å². The molecule has 2 saturated heterocycles. The molecule has 0 bridgehead atoms. The third-order valence-electron chi connectivity index (χ3n) is 5.92. The average Bonchev–Trinajstić information content (AvgIpc) is 2.63. The molecule has 0 radical (unpaired) electrons. The summed E-state index contributed by atoms with van der Waals surface area (Å²) in [5.41, 5.74) is 2.59. The van der Waals surface area contributed by atoms with Gasteiger partial charge in [-0.15, -0.1) is 12.4 Å². The van der Waals surface area contributed by atoms with Crippen molar-refractivity contribution in [1.29, 1.82) is 0 Å². The van der Waals surface area contributed by atoms with E-state index in [1.54, 1.807) is 0 Å². The average molecular weight is 365 g/mol. The lowest BCUT2D eigenvalue weighted by atomic mass is 9.84. The lowest BCUT2D eigenvalue weighted by Crippen LogP contribution is -2.41. The maximum absolute atomic E-state index is 13.0. The molecule has 1 N–H and O–H groups in total. The summed E-state index contributed by atoms with van der Waals surface area (Å²) in [6, 6.07) is 9.04. The Bertz CT molecular complexity index is 539. The van der Waals surface area contributed by atoms with Gasteiger partial charge in [-0.2, -0.15) is 0 Å². The molecule has 1 aromatic carbocycles. The van der Waals surface area contributed by atoms with Crippen molar-refractivity contribution >= 4 is 18.3 Å². The van der Waals surface area contributed by atoms with Gasteiger partial charge in [0, 0.05) is 13.0 Å². The summed E-state index contributed by atoms with van der Waals surface area (Å²) in [7, 11) is 0. The molecule has 140 valence electrons. The van der Waals surface area contributed by atoms with Crippen molar-refractivity contribution < 1.29 is 4.79 Å². The fourth-order valence-electron chi connectivity index (χ4n) is 4.29. The summed E-state index contributed by atoms with van der Waals surface area (Å²) >= 11 is 0. The summed E-state index contributed by atoms with van der Waals surface area (Å²) in [5, 5.41) is 3.48. The van der Waals surface area contributed by atoms with Crippen LogP contribution in [0.4, 0.5) is 0 Å². The lowest BCUT2D eigenvalue weighted by molar-refractivity contribution is -0.136. The second-order valence-electron chi connectivity index (χ2n) is 7.80. The molecule has 0 aliphatic carbocycles. The lowest BCUT2D eigenvalue weighted by Gasteiger charge is -2.38. The van der Waals surface area contributed by atoms with Gasteiger partial charge in [0.1, 0.15) is 0 Å². The number of likely N-dealkylation sites (tertiary alicyclic amines) is 1. The number of nitrogens with one attached hydrogen (secondary N) is 1. The predicted molar refractivity (Wildman–Crippen MR) is 106 cm³/mol. The highest BCUT2D eigenvalue weighted by Gasteiger charge is 2.30. The quantitative estimate of drug-likeness (QED) is 0.853. The number of benzene rings is 1. The minimum atomic E-state index is 0. The second kappa shape index (κ2) is 9.59. The maximum Gasteiger partial charge on any atom is 0.223 e. The molecule has 2 aliphatic heterocycles. The van der Waals surface area contributed by atoms with Crippen molar-refractivity contribution in [2.24, 2.45) is 11.8 Å². The summed E-state index contributed by atoms with van der Waals surface area (Å²) in [5.74, 6) is 1.49. The van der Waals surface area contributed by atoms with Crippen LogP contribution in [0.3, 0.4) is 0 Å². The van der Waals surface area contributed by atoms with Gasteiger partial charge in [0.2, 0.25) is 5.91 Å². The fraction of sp³-hybridized carbons (Fsp3) is 0.667. The van der Waals surface area contributed by atoms with Crippen LogP contribution in [0, 0.1) is 18.8 Å². The van der Waals surface area contributed by atoms with E-state index in [1.165, 1.54) is 30.4 Å². The van der Waals surface area contributed by atoms with Gasteiger partial charge in [-0.1, -0.05) is 36.8 Å². The Kier molecular flexibility index (Phi) is 7.77. The van der Waals surface area contributed by atoms with Crippen LogP contribution in [-0.2, 0) is 4.79 Å². The van der Waals surface area contributed by atoms with Gasteiger partial charge in [0.15, 0.2) is 0 Å². The van der Waals surface area contributed by atoms with Crippen molar-refractivity contribution in [1.82, 2.24) is 10.2 Å². The number of hydrogen-bond donors (Lipinski definition) is 1. The first kappa shape index (κ1) is 20.3. The number of carbonyl (C=O) groups excluding carboxylic acids is 1. The standard InChI is InChI=1S/C21H32N2O.ClH/c1-16-8-10-18(11-9-16)20-7-3-4-13-23(20)21(24)14-17(2)19-6-5-12-22-15-19;/h8-11,17,19-20,22H,3-7,12-15H2,1-2H3;1H. The van der Waals surface area contributed by atoms with Crippen LogP contribution in [-0.4, -0.2) is 30.4 Å². The van der Waals surface area contributed by atoms with E-state index in [0.29, 0.717) is 24.2 Å². The van der Waals surface area contributed by atoms with E-state index in [-0.39, 0.29) is 18.4 Å². The van der Waals surface area contributed by atoms with Gasteiger partial charge in [0.25, 0.3) is 0 Å². The topological polar surface area (TPSA) is 32.3 Å². The molecule has 3 atom stereocenters. The monoisotopic (exact) mass is 364 g/mol. The van der Waals surface area contributed by atoms with Gasteiger partial charge in [-0.05, 0) is 69.5 Å². The van der Waals surface area contributed by atoms with Crippen molar-refractivity contribution in [3.05, 3.63) is 35.4 Å². The molecular formula is C21H33ClN2O. The molecule has 1 amide bonds. The summed E-state index contributed by atoms with van der Waals surface area (Å²) in [6.45, 7) is 7.52. The third kappa shape index (κ3) is 5.21. The molecule has 0 saturated carbocycles. The number of rotatable bonds is 4. The van der Waals surface area contributed by atoms with Crippen LogP contribution in [0.2, 0.25) is 0 Å². The molecule has 2 fully saturated rings. The van der Waals surface area contributed by atoms with E-state index in [9.17, 15) is 4.79 Å². The molecule has 2 aliphatic rings. The number of hydrogen-bond acceptors (Lipinski definition) is 2. The Morgan fingerprint density at radius 3 is 2.64 bits per heavy atom. The van der Waals surface area contributed by atoms with Gasteiger partial charge in [0.05, 0.1) is 6.04 Å². The van der Waals surface area contributed by atoms with Crippen molar-refractivity contribution in [2.75, 3.05) is 19.6 Å². The number of nitrogens with zero attached hydrogens (tertiary/aromatic N) is 1. The van der Waals surface area contributed by atoms with Crippen LogP contribution in [0.5, 0.6) is 0 Å². The van der Waals surface area contributed by atoms with E-state index in [4.69, 9.17) is 0 Å². The fourth-order valence-corrected chi connectivity index (χ4v) is 4.29. The second-order valence-corrected chi connectivity index (χ2v) is 7.80. The third-order valence-corrected chi connectivity index (χ3v) is 5.92. The number of amides is 1. The first-order valence-corrected chi connectivity index (χ1v) is 9.72. The highest BCUT2D eigenvalue weighted by atomic mass is 35.5.